The Morgan fingerprint density at radius 1 is 0.679 bits per heavy atom. The van der Waals surface area contributed by atoms with Gasteiger partial charge in [-0.25, -0.2) is 0 Å². The van der Waals surface area contributed by atoms with Crippen molar-refractivity contribution in [1.82, 2.24) is 0 Å². The minimum absolute atomic E-state index is 0.0769. The smallest absolute Gasteiger partial charge is 0.229 e. The Kier molecular flexibility index (Phi) is 4.73. The number of ether oxygens (including phenoxy) is 1. The molecule has 1 aliphatic carbocycles. The minimum Gasteiger partial charge on any atom is -0.492 e. The van der Waals surface area contributed by atoms with Crippen molar-refractivity contribution in [3.05, 3.63) is 125 Å². The summed E-state index contributed by atoms with van der Waals surface area (Å²) in [6.07, 6.45) is 1.76. The highest BCUT2D eigenvalue weighted by Gasteiger charge is 2.32. The first-order valence-corrected chi connectivity index (χ1v) is 9.00. The molecular weight excluding hydrogens is 348 g/mol. The molecule has 0 saturated heterocycles. The quantitative estimate of drug-likeness (QED) is 0.645. The zero-order valence-electron chi connectivity index (χ0n) is 15.4. The molecule has 0 amide bonds. The maximum atomic E-state index is 13.2. The van der Waals surface area contributed by atoms with E-state index >= 15 is 0 Å². The Morgan fingerprint density at radius 3 is 1.64 bits per heavy atom. The van der Waals surface area contributed by atoms with E-state index in [-0.39, 0.29) is 22.9 Å². The van der Waals surface area contributed by atoms with Crippen LogP contribution in [-0.4, -0.2) is 18.7 Å². The zero-order chi connectivity index (χ0) is 19.5. The Labute approximate surface area is 163 Å². The van der Waals surface area contributed by atoms with Crippen molar-refractivity contribution in [3.63, 3.8) is 0 Å². The first-order valence-electron chi connectivity index (χ1n) is 9.00. The highest BCUT2D eigenvalue weighted by atomic mass is 16.5. The summed E-state index contributed by atoms with van der Waals surface area (Å²) >= 11 is 0. The van der Waals surface area contributed by atoms with E-state index < -0.39 is 0 Å². The molecule has 3 heteroatoms. The summed E-state index contributed by atoms with van der Waals surface area (Å²) in [5.74, 6) is -0.408. The van der Waals surface area contributed by atoms with E-state index in [9.17, 15) is 9.59 Å². The van der Waals surface area contributed by atoms with Crippen LogP contribution in [0.4, 0.5) is 0 Å². The van der Waals surface area contributed by atoms with Crippen LogP contribution in [-0.2, 0) is 4.74 Å². The Morgan fingerprint density at radius 2 is 1.14 bits per heavy atom. The number of Topliss-reactive ketones (excluding diaryl/α,β-unsaturated/α-hetero) is 2. The molecule has 0 spiro atoms. The average Bonchev–Trinajstić information content (AvgIpc) is 2.76. The van der Waals surface area contributed by atoms with E-state index in [0.717, 1.165) is 16.7 Å². The molecule has 1 aliphatic rings. The van der Waals surface area contributed by atoms with Crippen molar-refractivity contribution in [3.8, 4) is 0 Å². The summed E-state index contributed by atoms with van der Waals surface area (Å²) in [5, 5.41) is 0. The standard InChI is InChI=1S/C25H18O3/c1-28-25-22(23(26)19-14-8-9-15-20(19)24(25)27)16-21(17-10-4-2-5-11-17)18-12-6-3-7-13-18/h2-16H,1H3. The van der Waals surface area contributed by atoms with Crippen LogP contribution < -0.4 is 0 Å². The van der Waals surface area contributed by atoms with Crippen molar-refractivity contribution in [1.29, 1.82) is 0 Å². The summed E-state index contributed by atoms with van der Waals surface area (Å²) in [5.41, 5.74) is 3.81. The van der Waals surface area contributed by atoms with Crippen molar-refractivity contribution in [2.24, 2.45) is 0 Å². The van der Waals surface area contributed by atoms with Gasteiger partial charge in [0.2, 0.25) is 5.78 Å². The van der Waals surface area contributed by atoms with Gasteiger partial charge in [0.25, 0.3) is 0 Å². The number of fused-ring (bicyclic) bond motifs is 1. The van der Waals surface area contributed by atoms with Gasteiger partial charge in [0.05, 0.1) is 12.7 Å². The summed E-state index contributed by atoms with van der Waals surface area (Å²) in [6, 6.07) is 26.4. The number of methoxy groups -OCH3 is 1. The molecule has 0 radical (unpaired) electrons. The average molecular weight is 366 g/mol. The Hall–Kier alpha value is -3.72. The fourth-order valence-electron chi connectivity index (χ4n) is 3.42. The van der Waals surface area contributed by atoms with Crippen LogP contribution in [0.1, 0.15) is 31.8 Å². The second-order valence-corrected chi connectivity index (χ2v) is 6.44. The van der Waals surface area contributed by atoms with E-state index in [4.69, 9.17) is 4.74 Å². The summed E-state index contributed by atoms with van der Waals surface area (Å²) in [4.78, 5) is 26.1. The van der Waals surface area contributed by atoms with E-state index in [1.807, 2.05) is 60.7 Å². The molecule has 0 heterocycles. The van der Waals surface area contributed by atoms with Crippen LogP contribution in [0.5, 0.6) is 0 Å². The molecule has 4 rings (SSSR count). The summed E-state index contributed by atoms with van der Waals surface area (Å²) in [7, 11) is 1.42. The largest absolute Gasteiger partial charge is 0.492 e. The lowest BCUT2D eigenvalue weighted by atomic mass is 9.85. The van der Waals surface area contributed by atoms with Gasteiger partial charge in [-0.2, -0.15) is 0 Å². The van der Waals surface area contributed by atoms with Gasteiger partial charge >= 0.3 is 0 Å². The van der Waals surface area contributed by atoms with Gasteiger partial charge in [-0.15, -0.1) is 0 Å². The lowest BCUT2D eigenvalue weighted by molar-refractivity contribution is 0.0909. The monoisotopic (exact) mass is 366 g/mol. The topological polar surface area (TPSA) is 43.4 Å². The molecule has 0 unspecified atom stereocenters. The predicted octanol–water partition coefficient (Wildman–Crippen LogP) is 5.10. The van der Waals surface area contributed by atoms with E-state index in [1.165, 1.54) is 7.11 Å². The molecule has 0 aromatic heterocycles. The molecule has 0 aliphatic heterocycles. The fourth-order valence-corrected chi connectivity index (χ4v) is 3.42. The molecule has 0 N–H and O–H groups in total. The van der Waals surface area contributed by atoms with Gasteiger partial charge in [-0.05, 0) is 22.8 Å². The van der Waals surface area contributed by atoms with Crippen LogP contribution >= 0.6 is 0 Å². The van der Waals surface area contributed by atoms with Crippen LogP contribution in [0.2, 0.25) is 0 Å². The molecule has 3 aromatic carbocycles. The van der Waals surface area contributed by atoms with Crippen LogP contribution in [0, 0.1) is 0 Å². The van der Waals surface area contributed by atoms with Crippen LogP contribution in [0.15, 0.2) is 102 Å². The third-order valence-electron chi connectivity index (χ3n) is 4.77. The van der Waals surface area contributed by atoms with Gasteiger partial charge in [-0.1, -0.05) is 84.9 Å². The molecule has 28 heavy (non-hydrogen) atoms. The fraction of sp³-hybridized carbons (Fsp3) is 0.0400. The molecule has 3 aromatic rings. The maximum absolute atomic E-state index is 13.2. The third-order valence-corrected chi connectivity index (χ3v) is 4.77. The maximum Gasteiger partial charge on any atom is 0.229 e. The van der Waals surface area contributed by atoms with Crippen LogP contribution in [0.25, 0.3) is 5.57 Å². The van der Waals surface area contributed by atoms with Gasteiger partial charge in [0.1, 0.15) is 0 Å². The second kappa shape index (κ2) is 7.49. The van der Waals surface area contributed by atoms with Crippen molar-refractivity contribution < 1.29 is 14.3 Å². The number of ketones is 2. The summed E-state index contributed by atoms with van der Waals surface area (Å²) < 4.78 is 5.38. The molecule has 3 nitrogen and oxygen atoms in total. The first kappa shape index (κ1) is 17.7. The van der Waals surface area contributed by atoms with Gasteiger partial charge in [-0.3, -0.25) is 9.59 Å². The number of allylic oxidation sites excluding steroid dienone is 3. The van der Waals surface area contributed by atoms with Gasteiger partial charge < -0.3 is 4.74 Å². The third kappa shape index (κ3) is 3.08. The van der Waals surface area contributed by atoms with Crippen LogP contribution in [0.3, 0.4) is 0 Å². The normalized spacial score (nSPS) is 13.2. The highest BCUT2D eigenvalue weighted by molar-refractivity contribution is 6.27. The van der Waals surface area contributed by atoms with E-state index in [2.05, 4.69) is 0 Å². The number of hydrogen-bond donors (Lipinski definition) is 0. The number of benzene rings is 3. The second-order valence-electron chi connectivity index (χ2n) is 6.44. The lowest BCUT2D eigenvalue weighted by Crippen LogP contribution is -2.22. The van der Waals surface area contributed by atoms with Gasteiger partial charge in [0.15, 0.2) is 11.5 Å². The molecule has 0 fully saturated rings. The highest BCUT2D eigenvalue weighted by Crippen LogP contribution is 2.31. The lowest BCUT2D eigenvalue weighted by Gasteiger charge is -2.19. The number of carbonyl (C=O) groups excluding carboxylic acids is 2. The molecule has 0 saturated carbocycles. The number of carbonyl (C=O) groups is 2. The van der Waals surface area contributed by atoms with Crippen molar-refractivity contribution in [2.45, 2.75) is 0 Å². The minimum atomic E-state index is -0.274. The van der Waals surface area contributed by atoms with Crippen molar-refractivity contribution in [2.75, 3.05) is 7.11 Å². The zero-order valence-corrected chi connectivity index (χ0v) is 15.4. The SMILES string of the molecule is COC1=C(C=C(c2ccccc2)c2ccccc2)C(=O)c2ccccc2C1=O. The number of rotatable bonds is 4. The van der Waals surface area contributed by atoms with E-state index in [0.29, 0.717) is 11.1 Å². The Balaban J connectivity index is 1.95. The first-order chi connectivity index (χ1) is 13.7. The summed E-state index contributed by atoms with van der Waals surface area (Å²) in [6.45, 7) is 0. The predicted molar refractivity (Wildman–Crippen MR) is 109 cm³/mol. The Bertz CT molecular complexity index is 1070. The van der Waals surface area contributed by atoms with E-state index in [1.54, 1.807) is 30.3 Å². The molecule has 0 atom stereocenters. The number of hydrogen-bond acceptors (Lipinski definition) is 3. The molecule has 136 valence electrons. The van der Waals surface area contributed by atoms with Gasteiger partial charge in [0, 0.05) is 11.1 Å². The molecule has 0 bridgehead atoms. The molecular formula is C25H18O3. The van der Waals surface area contributed by atoms with Crippen molar-refractivity contribution >= 4 is 17.1 Å².